The van der Waals surface area contributed by atoms with E-state index in [0.717, 1.165) is 0 Å². The fraction of sp³-hybridized carbons (Fsp3) is 0.789. The van der Waals surface area contributed by atoms with Crippen LogP contribution in [0.4, 0.5) is 0 Å². The van der Waals surface area contributed by atoms with E-state index in [9.17, 15) is 0 Å². The SMILES string of the molecule is CC.CC(C)C1=C(C(C)C)N(C(C)C)C=COC1C(C)C. The second-order valence-electron chi connectivity index (χ2n) is 6.74. The largest absolute Gasteiger partial charge is 0.492 e. The van der Waals surface area contributed by atoms with Crippen molar-refractivity contribution in [1.82, 2.24) is 4.90 Å². The number of nitrogens with zero attached hydrogens (tertiary/aromatic N) is 1. The van der Waals surface area contributed by atoms with Crippen molar-refractivity contribution >= 4 is 0 Å². The van der Waals surface area contributed by atoms with Crippen LogP contribution in [0.2, 0.25) is 0 Å². The molecule has 0 bridgehead atoms. The third kappa shape index (κ3) is 5.09. The van der Waals surface area contributed by atoms with E-state index in [0.29, 0.717) is 23.8 Å². The van der Waals surface area contributed by atoms with Crippen molar-refractivity contribution in [2.75, 3.05) is 0 Å². The first kappa shape index (κ1) is 20.1. The normalized spacial score (nSPS) is 19.1. The van der Waals surface area contributed by atoms with Crippen LogP contribution in [-0.2, 0) is 4.74 Å². The molecule has 2 heteroatoms. The van der Waals surface area contributed by atoms with Crippen LogP contribution in [-0.4, -0.2) is 17.0 Å². The molecule has 0 radical (unpaired) electrons. The number of ether oxygens (including phenoxy) is 1. The van der Waals surface area contributed by atoms with Gasteiger partial charge < -0.3 is 9.64 Å². The van der Waals surface area contributed by atoms with E-state index in [1.807, 2.05) is 20.1 Å². The van der Waals surface area contributed by atoms with Crippen LogP contribution in [0.5, 0.6) is 0 Å². The number of hydrogen-bond acceptors (Lipinski definition) is 2. The molecule has 1 rings (SSSR count). The maximum absolute atomic E-state index is 6.02. The molecule has 1 atom stereocenters. The van der Waals surface area contributed by atoms with Crippen molar-refractivity contribution in [3.05, 3.63) is 23.7 Å². The highest BCUT2D eigenvalue weighted by Gasteiger charge is 2.30. The summed E-state index contributed by atoms with van der Waals surface area (Å²) in [6, 6.07) is 0.455. The van der Waals surface area contributed by atoms with Gasteiger partial charge in [0.25, 0.3) is 0 Å². The zero-order valence-electron chi connectivity index (χ0n) is 15.9. The lowest BCUT2D eigenvalue weighted by atomic mass is 9.85. The average Bonchev–Trinajstić information content (AvgIpc) is 2.60. The van der Waals surface area contributed by atoms with Gasteiger partial charge in [-0.1, -0.05) is 55.4 Å². The minimum Gasteiger partial charge on any atom is -0.492 e. The first-order valence-corrected chi connectivity index (χ1v) is 8.61. The van der Waals surface area contributed by atoms with E-state index in [-0.39, 0.29) is 6.10 Å². The highest BCUT2D eigenvalue weighted by atomic mass is 16.5. The lowest BCUT2D eigenvalue weighted by Gasteiger charge is -2.34. The first-order chi connectivity index (χ1) is 9.77. The van der Waals surface area contributed by atoms with Crippen molar-refractivity contribution in [3.8, 4) is 0 Å². The number of rotatable bonds is 4. The van der Waals surface area contributed by atoms with E-state index < -0.39 is 0 Å². The van der Waals surface area contributed by atoms with Gasteiger partial charge in [0.1, 0.15) is 12.4 Å². The summed E-state index contributed by atoms with van der Waals surface area (Å²) in [5.41, 5.74) is 2.90. The standard InChI is InChI=1S/C17H31NO.C2H6/c1-11(2)15-16(12(3)4)18(14(7)8)9-10-19-17(15)13(5)6;1-2/h9-14,17H,1-8H3;1-2H3. The van der Waals surface area contributed by atoms with Crippen LogP contribution < -0.4 is 0 Å². The van der Waals surface area contributed by atoms with Crippen LogP contribution in [0.3, 0.4) is 0 Å². The van der Waals surface area contributed by atoms with Gasteiger partial charge in [-0.15, -0.1) is 0 Å². The Hall–Kier alpha value is -0.920. The third-order valence-electron chi connectivity index (χ3n) is 3.66. The highest BCUT2D eigenvalue weighted by molar-refractivity contribution is 5.25. The van der Waals surface area contributed by atoms with Gasteiger partial charge in [0, 0.05) is 17.9 Å². The molecule has 2 nitrogen and oxygen atoms in total. The molecule has 0 N–H and O–H groups in total. The Kier molecular flexibility index (Phi) is 8.77. The Morgan fingerprint density at radius 2 is 1.43 bits per heavy atom. The minimum atomic E-state index is 0.192. The van der Waals surface area contributed by atoms with Crippen LogP contribution in [0, 0.1) is 17.8 Å². The molecular formula is C19H37NO. The molecule has 0 aromatic heterocycles. The zero-order valence-corrected chi connectivity index (χ0v) is 15.9. The summed E-state index contributed by atoms with van der Waals surface area (Å²) in [4.78, 5) is 2.38. The summed E-state index contributed by atoms with van der Waals surface area (Å²) in [5, 5.41) is 0. The summed E-state index contributed by atoms with van der Waals surface area (Å²) in [5.74, 6) is 1.50. The molecule has 0 aromatic carbocycles. The molecule has 0 saturated heterocycles. The predicted octanol–water partition coefficient (Wildman–Crippen LogP) is 5.82. The smallest absolute Gasteiger partial charge is 0.123 e. The fourth-order valence-corrected chi connectivity index (χ4v) is 2.86. The predicted molar refractivity (Wildman–Crippen MR) is 93.9 cm³/mol. The molecule has 1 unspecified atom stereocenters. The molecule has 1 aliphatic rings. The van der Waals surface area contributed by atoms with E-state index in [4.69, 9.17) is 4.74 Å². The van der Waals surface area contributed by atoms with Gasteiger partial charge in [-0.05, 0) is 37.2 Å². The van der Waals surface area contributed by atoms with Crippen LogP contribution in [0.25, 0.3) is 0 Å². The molecule has 124 valence electrons. The van der Waals surface area contributed by atoms with Gasteiger partial charge in [-0.25, -0.2) is 0 Å². The Labute approximate surface area is 133 Å². The summed E-state index contributed by atoms with van der Waals surface area (Å²) < 4.78 is 6.02. The topological polar surface area (TPSA) is 12.5 Å². The van der Waals surface area contributed by atoms with Gasteiger partial charge >= 0.3 is 0 Å². The monoisotopic (exact) mass is 295 g/mol. The van der Waals surface area contributed by atoms with Crippen molar-refractivity contribution in [3.63, 3.8) is 0 Å². The summed E-state index contributed by atoms with van der Waals surface area (Å²) >= 11 is 0. The molecular weight excluding hydrogens is 258 g/mol. The van der Waals surface area contributed by atoms with Crippen LogP contribution >= 0.6 is 0 Å². The summed E-state index contributed by atoms with van der Waals surface area (Å²) in [7, 11) is 0. The molecule has 0 spiro atoms. The maximum atomic E-state index is 6.02. The van der Waals surface area contributed by atoms with Gasteiger partial charge in [0.15, 0.2) is 0 Å². The Balaban J connectivity index is 0.00000191. The molecule has 1 aliphatic heterocycles. The molecule has 0 aromatic rings. The van der Waals surface area contributed by atoms with E-state index in [1.165, 1.54) is 11.3 Å². The van der Waals surface area contributed by atoms with Crippen molar-refractivity contribution < 1.29 is 4.74 Å². The van der Waals surface area contributed by atoms with Crippen molar-refractivity contribution in [2.45, 2.75) is 81.4 Å². The third-order valence-corrected chi connectivity index (χ3v) is 3.66. The Morgan fingerprint density at radius 1 is 0.905 bits per heavy atom. The van der Waals surface area contributed by atoms with Crippen molar-refractivity contribution in [2.24, 2.45) is 17.8 Å². The van der Waals surface area contributed by atoms with E-state index >= 15 is 0 Å². The van der Waals surface area contributed by atoms with Gasteiger partial charge in [0.2, 0.25) is 0 Å². The second kappa shape index (κ2) is 9.17. The number of hydrogen-bond donors (Lipinski definition) is 0. The number of allylic oxidation sites excluding steroid dienone is 1. The quantitative estimate of drug-likeness (QED) is 0.648. The lowest BCUT2D eigenvalue weighted by molar-refractivity contribution is 0.124. The van der Waals surface area contributed by atoms with Gasteiger partial charge in [0.05, 0.1) is 0 Å². The lowest BCUT2D eigenvalue weighted by Crippen LogP contribution is -2.32. The maximum Gasteiger partial charge on any atom is 0.123 e. The van der Waals surface area contributed by atoms with Gasteiger partial charge in [-0.2, -0.15) is 0 Å². The highest BCUT2D eigenvalue weighted by Crippen LogP contribution is 2.34. The first-order valence-electron chi connectivity index (χ1n) is 8.61. The average molecular weight is 296 g/mol. The molecule has 0 aliphatic carbocycles. The minimum absolute atomic E-state index is 0.192. The van der Waals surface area contributed by atoms with Crippen LogP contribution in [0.15, 0.2) is 23.7 Å². The Bertz CT molecular complexity index is 351. The molecule has 0 saturated carbocycles. The summed E-state index contributed by atoms with van der Waals surface area (Å²) in [6.07, 6.45) is 4.17. The molecule has 0 fully saturated rings. The molecule has 21 heavy (non-hydrogen) atoms. The molecule has 0 amide bonds. The van der Waals surface area contributed by atoms with E-state index in [2.05, 4.69) is 66.5 Å². The zero-order chi connectivity index (χ0) is 16.7. The van der Waals surface area contributed by atoms with Crippen molar-refractivity contribution in [1.29, 1.82) is 0 Å². The summed E-state index contributed by atoms with van der Waals surface area (Å²) in [6.45, 7) is 22.1. The Morgan fingerprint density at radius 3 is 1.76 bits per heavy atom. The second-order valence-corrected chi connectivity index (χ2v) is 6.74. The van der Waals surface area contributed by atoms with Crippen LogP contribution in [0.1, 0.15) is 69.2 Å². The van der Waals surface area contributed by atoms with E-state index in [1.54, 1.807) is 0 Å². The molecule has 1 heterocycles. The van der Waals surface area contributed by atoms with Gasteiger partial charge in [-0.3, -0.25) is 0 Å². The fourth-order valence-electron chi connectivity index (χ4n) is 2.86.